The normalized spacial score (nSPS) is 15.6. The number of likely N-dealkylation sites (tertiary alicyclic amines) is 1. The summed E-state index contributed by atoms with van der Waals surface area (Å²) in [5, 5.41) is 10.6. The van der Waals surface area contributed by atoms with E-state index in [2.05, 4.69) is 15.9 Å². The van der Waals surface area contributed by atoms with E-state index in [4.69, 9.17) is 8.83 Å². The first kappa shape index (κ1) is 18.3. The third-order valence-corrected chi connectivity index (χ3v) is 5.59. The number of fused-ring (bicyclic) bond motifs is 1. The van der Waals surface area contributed by atoms with Crippen molar-refractivity contribution in [2.24, 2.45) is 0 Å². The average molecular weight is 432 g/mol. The zero-order valence-corrected chi connectivity index (χ0v) is 16.8. The monoisotopic (exact) mass is 431 g/mol. The van der Waals surface area contributed by atoms with Crippen LogP contribution in [0.1, 0.15) is 30.8 Å². The van der Waals surface area contributed by atoms with E-state index in [9.17, 15) is 9.90 Å². The molecule has 6 heteroatoms. The lowest BCUT2D eigenvalue weighted by Gasteiger charge is -2.29. The number of hydrogen-bond acceptors (Lipinski definition) is 4. The molecular weight excluding hydrogens is 410 g/mol. The topological polar surface area (TPSA) is 66.8 Å². The molecule has 1 N–H and O–H groups in total. The molecule has 3 aromatic rings. The second kappa shape index (κ2) is 7.52. The van der Waals surface area contributed by atoms with Gasteiger partial charge in [-0.3, -0.25) is 4.79 Å². The van der Waals surface area contributed by atoms with Gasteiger partial charge in [0, 0.05) is 35.8 Å². The summed E-state index contributed by atoms with van der Waals surface area (Å²) in [5.41, 5.74) is 1.70. The fourth-order valence-corrected chi connectivity index (χ4v) is 3.99. The molecule has 0 atom stereocenters. The number of furan rings is 2. The van der Waals surface area contributed by atoms with Crippen molar-refractivity contribution in [2.75, 3.05) is 13.1 Å². The molecule has 1 aliphatic heterocycles. The van der Waals surface area contributed by atoms with Crippen LogP contribution in [-0.2, 0) is 11.2 Å². The lowest BCUT2D eigenvalue weighted by Crippen LogP contribution is -2.40. The van der Waals surface area contributed by atoms with Crippen LogP contribution in [-0.4, -0.2) is 35.1 Å². The van der Waals surface area contributed by atoms with Crippen molar-refractivity contribution < 1.29 is 18.7 Å². The van der Waals surface area contributed by atoms with Crippen molar-refractivity contribution in [3.63, 3.8) is 0 Å². The summed E-state index contributed by atoms with van der Waals surface area (Å²) < 4.78 is 12.9. The number of rotatable bonds is 4. The Morgan fingerprint density at radius 3 is 2.70 bits per heavy atom. The maximum absolute atomic E-state index is 12.6. The number of amides is 1. The Labute approximate surface area is 166 Å². The van der Waals surface area contributed by atoms with Gasteiger partial charge in [-0.15, -0.1) is 0 Å². The number of hydrogen-bond donors (Lipinski definition) is 1. The first-order valence-corrected chi connectivity index (χ1v) is 10.0. The van der Waals surface area contributed by atoms with Crippen molar-refractivity contribution in [3.8, 4) is 11.3 Å². The van der Waals surface area contributed by atoms with E-state index in [1.54, 1.807) is 0 Å². The molecule has 0 radical (unpaired) electrons. The van der Waals surface area contributed by atoms with Crippen molar-refractivity contribution in [3.05, 3.63) is 46.3 Å². The summed E-state index contributed by atoms with van der Waals surface area (Å²) in [4.78, 5) is 14.4. The second-order valence-electron chi connectivity index (χ2n) is 7.06. The van der Waals surface area contributed by atoms with E-state index in [-0.39, 0.29) is 12.0 Å². The lowest BCUT2D eigenvalue weighted by atomic mass is 10.0. The molecule has 4 rings (SSSR count). The highest BCUT2D eigenvalue weighted by Gasteiger charge is 2.23. The molecule has 2 aromatic heterocycles. The van der Waals surface area contributed by atoms with Crippen molar-refractivity contribution in [1.82, 2.24) is 4.90 Å². The minimum Gasteiger partial charge on any atom is -0.461 e. The second-order valence-corrected chi connectivity index (χ2v) is 7.98. The summed E-state index contributed by atoms with van der Waals surface area (Å²) in [7, 11) is 0. The van der Waals surface area contributed by atoms with Crippen LogP contribution in [0.5, 0.6) is 0 Å². The smallest absolute Gasteiger partial charge is 0.223 e. The van der Waals surface area contributed by atoms with Crippen LogP contribution in [0.3, 0.4) is 0 Å². The number of aliphatic hydroxyl groups excluding tert-OH is 1. The zero-order chi connectivity index (χ0) is 19.0. The van der Waals surface area contributed by atoms with E-state index < -0.39 is 0 Å². The SMILES string of the molecule is Cc1ccc(-c2c(CCC(=O)N3CCC(O)CC3)oc3ccc(Br)cc23)o1. The van der Waals surface area contributed by atoms with Crippen LogP contribution in [0.4, 0.5) is 0 Å². The highest BCUT2D eigenvalue weighted by Crippen LogP contribution is 2.37. The number of aryl methyl sites for hydroxylation is 2. The molecule has 0 saturated carbocycles. The highest BCUT2D eigenvalue weighted by molar-refractivity contribution is 9.10. The molecule has 1 saturated heterocycles. The van der Waals surface area contributed by atoms with E-state index in [1.165, 1.54) is 0 Å². The van der Waals surface area contributed by atoms with Gasteiger partial charge in [0.2, 0.25) is 5.91 Å². The van der Waals surface area contributed by atoms with E-state index in [0.717, 1.165) is 38.3 Å². The van der Waals surface area contributed by atoms with Crippen LogP contribution < -0.4 is 0 Å². The Morgan fingerprint density at radius 1 is 1.22 bits per heavy atom. The number of carbonyl (C=O) groups is 1. The molecule has 1 fully saturated rings. The zero-order valence-electron chi connectivity index (χ0n) is 15.2. The third kappa shape index (κ3) is 3.82. The molecule has 5 nitrogen and oxygen atoms in total. The number of halogens is 1. The number of piperidine rings is 1. The minimum absolute atomic E-state index is 0.102. The van der Waals surface area contributed by atoms with Crippen molar-refractivity contribution >= 4 is 32.8 Å². The molecule has 1 aliphatic rings. The molecule has 0 bridgehead atoms. The number of benzene rings is 1. The van der Waals surface area contributed by atoms with Crippen LogP contribution in [0.15, 0.2) is 43.6 Å². The molecule has 0 spiro atoms. The van der Waals surface area contributed by atoms with Crippen molar-refractivity contribution in [1.29, 1.82) is 0 Å². The lowest BCUT2D eigenvalue weighted by molar-refractivity contribution is -0.133. The van der Waals surface area contributed by atoms with Gasteiger partial charge < -0.3 is 18.8 Å². The Kier molecular flexibility index (Phi) is 5.10. The van der Waals surface area contributed by atoms with Crippen LogP contribution in [0, 0.1) is 6.92 Å². The average Bonchev–Trinajstić information content (AvgIpc) is 3.22. The summed E-state index contributed by atoms with van der Waals surface area (Å²) in [6, 6.07) is 9.76. The van der Waals surface area contributed by atoms with E-state index in [1.807, 2.05) is 42.2 Å². The summed E-state index contributed by atoms with van der Waals surface area (Å²) >= 11 is 3.52. The quantitative estimate of drug-likeness (QED) is 0.650. The predicted octanol–water partition coefficient (Wildman–Crippen LogP) is 4.68. The standard InChI is InChI=1S/C21H22BrNO4/c1-13-2-4-18(26-13)21-16-12-14(22)3-5-17(16)27-19(21)6-7-20(25)23-10-8-15(24)9-11-23/h2-5,12,15,24H,6-11H2,1H3. The summed E-state index contributed by atoms with van der Waals surface area (Å²) in [6.45, 7) is 3.16. The molecular formula is C21H22BrNO4. The fourth-order valence-electron chi connectivity index (χ4n) is 3.63. The van der Waals surface area contributed by atoms with Gasteiger partial charge in [-0.25, -0.2) is 0 Å². The first-order chi connectivity index (χ1) is 13.0. The predicted molar refractivity (Wildman–Crippen MR) is 106 cm³/mol. The van der Waals surface area contributed by atoms with Crippen LogP contribution in [0.2, 0.25) is 0 Å². The van der Waals surface area contributed by atoms with Gasteiger partial charge in [-0.1, -0.05) is 15.9 Å². The number of carbonyl (C=O) groups excluding carboxylic acids is 1. The summed E-state index contributed by atoms with van der Waals surface area (Å²) in [5.74, 6) is 2.46. The van der Waals surface area contributed by atoms with Crippen molar-refractivity contribution in [2.45, 2.75) is 38.7 Å². The number of aliphatic hydroxyl groups is 1. The highest BCUT2D eigenvalue weighted by atomic mass is 79.9. The maximum atomic E-state index is 12.6. The molecule has 0 unspecified atom stereocenters. The number of nitrogens with zero attached hydrogens (tertiary/aromatic N) is 1. The van der Waals surface area contributed by atoms with E-state index >= 15 is 0 Å². The van der Waals surface area contributed by atoms with E-state index in [0.29, 0.717) is 38.8 Å². The Bertz CT molecular complexity index is 966. The Morgan fingerprint density at radius 2 is 2.00 bits per heavy atom. The van der Waals surface area contributed by atoms with Gasteiger partial charge in [0.15, 0.2) is 0 Å². The summed E-state index contributed by atoms with van der Waals surface area (Å²) in [6.07, 6.45) is 1.92. The van der Waals surface area contributed by atoms with Gasteiger partial charge in [0.1, 0.15) is 22.9 Å². The largest absolute Gasteiger partial charge is 0.461 e. The fraction of sp³-hybridized carbons (Fsp3) is 0.381. The molecule has 142 valence electrons. The van der Waals surface area contributed by atoms with Gasteiger partial charge in [-0.2, -0.15) is 0 Å². The molecule has 1 aromatic carbocycles. The Hall–Kier alpha value is -2.05. The first-order valence-electron chi connectivity index (χ1n) is 9.25. The molecule has 3 heterocycles. The van der Waals surface area contributed by atoms with Gasteiger partial charge in [0.25, 0.3) is 0 Å². The molecule has 1 amide bonds. The minimum atomic E-state index is -0.281. The molecule has 27 heavy (non-hydrogen) atoms. The third-order valence-electron chi connectivity index (χ3n) is 5.09. The molecule has 0 aliphatic carbocycles. The van der Waals surface area contributed by atoms with Gasteiger partial charge >= 0.3 is 0 Å². The maximum Gasteiger partial charge on any atom is 0.223 e. The van der Waals surface area contributed by atoms with Gasteiger partial charge in [0.05, 0.1) is 11.7 Å². The van der Waals surface area contributed by atoms with Crippen LogP contribution in [0.25, 0.3) is 22.3 Å². The van der Waals surface area contributed by atoms with Gasteiger partial charge in [-0.05, 0) is 50.1 Å². The Balaban J connectivity index is 1.60. The van der Waals surface area contributed by atoms with Crippen LogP contribution >= 0.6 is 15.9 Å².